The summed E-state index contributed by atoms with van der Waals surface area (Å²) >= 11 is 7.50. The van der Waals surface area contributed by atoms with Gasteiger partial charge in [-0.3, -0.25) is 9.59 Å². The number of hydrogen-bond acceptors (Lipinski definition) is 3. The van der Waals surface area contributed by atoms with Gasteiger partial charge in [0.15, 0.2) is 0 Å². The summed E-state index contributed by atoms with van der Waals surface area (Å²) in [7, 11) is 0. The molecule has 2 heterocycles. The number of thiophene rings is 1. The Labute approximate surface area is 150 Å². The number of rotatable bonds is 4. The molecule has 6 heteroatoms. The largest absolute Gasteiger partial charge is 0.341 e. The first kappa shape index (κ1) is 17.0. The summed E-state index contributed by atoms with van der Waals surface area (Å²) in [5.41, 5.74) is 0.496. The Hall–Kier alpha value is -1.85. The number of halogens is 1. The van der Waals surface area contributed by atoms with E-state index in [0.717, 1.165) is 19.4 Å². The van der Waals surface area contributed by atoms with Crippen LogP contribution in [0.15, 0.2) is 41.8 Å². The lowest BCUT2D eigenvalue weighted by Gasteiger charge is -2.27. The van der Waals surface area contributed by atoms with Crippen molar-refractivity contribution in [1.82, 2.24) is 10.2 Å². The highest BCUT2D eigenvalue weighted by Gasteiger charge is 2.33. The third kappa shape index (κ3) is 3.62. The van der Waals surface area contributed by atoms with Crippen LogP contribution in [0.25, 0.3) is 0 Å². The van der Waals surface area contributed by atoms with Crippen molar-refractivity contribution in [3.05, 3.63) is 57.2 Å². The summed E-state index contributed by atoms with van der Waals surface area (Å²) in [4.78, 5) is 28.1. The van der Waals surface area contributed by atoms with E-state index < -0.39 is 6.04 Å². The van der Waals surface area contributed by atoms with Gasteiger partial charge < -0.3 is 10.2 Å². The molecule has 1 aromatic carbocycles. The van der Waals surface area contributed by atoms with Crippen LogP contribution in [-0.4, -0.2) is 29.3 Å². The maximum absolute atomic E-state index is 12.8. The first-order valence-corrected chi connectivity index (χ1v) is 9.22. The average Bonchev–Trinajstić information content (AvgIpc) is 3.25. The first-order chi connectivity index (χ1) is 11.6. The highest BCUT2D eigenvalue weighted by molar-refractivity contribution is 7.10. The minimum absolute atomic E-state index is 0.0341. The van der Waals surface area contributed by atoms with Crippen LogP contribution in [-0.2, 0) is 4.79 Å². The second-order valence-corrected chi connectivity index (χ2v) is 7.32. The van der Waals surface area contributed by atoms with Crippen LogP contribution in [0.4, 0.5) is 0 Å². The first-order valence-electron chi connectivity index (χ1n) is 7.96. The molecule has 2 atom stereocenters. The molecule has 1 saturated heterocycles. The Bertz CT molecular complexity index is 715. The highest BCUT2D eigenvalue weighted by Crippen LogP contribution is 2.34. The number of benzene rings is 1. The van der Waals surface area contributed by atoms with Gasteiger partial charge in [-0.15, -0.1) is 11.3 Å². The number of amides is 2. The topological polar surface area (TPSA) is 49.4 Å². The van der Waals surface area contributed by atoms with E-state index in [1.165, 1.54) is 4.88 Å². The number of likely N-dealkylation sites (tertiary alicyclic amines) is 1. The van der Waals surface area contributed by atoms with Crippen molar-refractivity contribution in [2.24, 2.45) is 0 Å². The Morgan fingerprint density at radius 3 is 2.71 bits per heavy atom. The van der Waals surface area contributed by atoms with Crippen molar-refractivity contribution < 1.29 is 9.59 Å². The van der Waals surface area contributed by atoms with Crippen molar-refractivity contribution in [3.8, 4) is 0 Å². The van der Waals surface area contributed by atoms with Crippen LogP contribution in [0, 0.1) is 0 Å². The van der Waals surface area contributed by atoms with Crippen LogP contribution in [0.3, 0.4) is 0 Å². The van der Waals surface area contributed by atoms with E-state index in [1.54, 1.807) is 42.5 Å². The van der Waals surface area contributed by atoms with E-state index >= 15 is 0 Å². The minimum Gasteiger partial charge on any atom is -0.341 e. The lowest BCUT2D eigenvalue weighted by Crippen LogP contribution is -2.46. The maximum atomic E-state index is 12.8. The lowest BCUT2D eigenvalue weighted by molar-refractivity contribution is -0.133. The fourth-order valence-electron chi connectivity index (χ4n) is 3.00. The quantitative estimate of drug-likeness (QED) is 0.897. The molecule has 1 aromatic heterocycles. The van der Waals surface area contributed by atoms with Gasteiger partial charge in [-0.1, -0.05) is 17.7 Å². The van der Waals surface area contributed by atoms with Gasteiger partial charge in [0.2, 0.25) is 5.91 Å². The predicted molar refractivity (Wildman–Crippen MR) is 96.4 cm³/mol. The van der Waals surface area contributed by atoms with Gasteiger partial charge in [0.05, 0.1) is 6.04 Å². The van der Waals surface area contributed by atoms with Crippen LogP contribution in [0.5, 0.6) is 0 Å². The molecule has 1 aliphatic heterocycles. The van der Waals surface area contributed by atoms with Gasteiger partial charge in [0, 0.05) is 22.0 Å². The fraction of sp³-hybridized carbons (Fsp3) is 0.333. The van der Waals surface area contributed by atoms with Crippen LogP contribution in [0.1, 0.15) is 41.0 Å². The molecule has 0 spiro atoms. The predicted octanol–water partition coefficient (Wildman–Crippen LogP) is 3.88. The number of nitrogens with zero attached hydrogens (tertiary/aromatic N) is 1. The molecule has 4 nitrogen and oxygen atoms in total. The summed E-state index contributed by atoms with van der Waals surface area (Å²) in [6, 6.07) is 10.3. The van der Waals surface area contributed by atoms with Gasteiger partial charge >= 0.3 is 0 Å². The third-order valence-electron chi connectivity index (χ3n) is 4.23. The molecular weight excluding hydrogens is 344 g/mol. The molecule has 0 aliphatic carbocycles. The van der Waals surface area contributed by atoms with Crippen LogP contribution in [0.2, 0.25) is 5.02 Å². The maximum Gasteiger partial charge on any atom is 0.251 e. The summed E-state index contributed by atoms with van der Waals surface area (Å²) in [6.45, 7) is 2.47. The standard InChI is InChI=1S/C18H19ClN2O2S/c1-12(20-17(22)13-6-8-14(19)9-7-13)18(23)21-10-2-4-15(21)16-5-3-11-24-16/h3,5-9,11-12,15H,2,4,10H2,1H3,(H,20,22). The minimum atomic E-state index is -0.561. The molecule has 2 amide bonds. The van der Waals surface area contributed by atoms with Crippen LogP contribution >= 0.6 is 22.9 Å². The second-order valence-electron chi connectivity index (χ2n) is 5.91. The Morgan fingerprint density at radius 2 is 2.04 bits per heavy atom. The summed E-state index contributed by atoms with van der Waals surface area (Å²) in [5, 5.41) is 5.39. The Kier molecular flexibility index (Phi) is 5.21. The summed E-state index contributed by atoms with van der Waals surface area (Å²) < 4.78 is 0. The van der Waals surface area contributed by atoms with Crippen molar-refractivity contribution in [2.75, 3.05) is 6.54 Å². The molecule has 0 radical (unpaired) electrons. The molecule has 1 fully saturated rings. The summed E-state index contributed by atoms with van der Waals surface area (Å²) in [5.74, 6) is -0.299. The third-order valence-corrected chi connectivity index (χ3v) is 5.46. The normalized spacial score (nSPS) is 18.4. The second kappa shape index (κ2) is 7.36. The SMILES string of the molecule is CC(NC(=O)c1ccc(Cl)cc1)C(=O)N1CCCC1c1cccs1. The Balaban J connectivity index is 1.66. The smallest absolute Gasteiger partial charge is 0.251 e. The number of hydrogen-bond donors (Lipinski definition) is 1. The van der Waals surface area contributed by atoms with Crippen molar-refractivity contribution in [2.45, 2.75) is 31.8 Å². The molecule has 1 aliphatic rings. The average molecular weight is 363 g/mol. The molecule has 2 unspecified atom stereocenters. The van der Waals surface area contributed by atoms with E-state index in [-0.39, 0.29) is 17.9 Å². The fourth-order valence-corrected chi connectivity index (χ4v) is 4.00. The van der Waals surface area contributed by atoms with Crippen molar-refractivity contribution in [1.29, 1.82) is 0 Å². The van der Waals surface area contributed by atoms with Gasteiger partial charge in [0.1, 0.15) is 6.04 Å². The van der Waals surface area contributed by atoms with Gasteiger partial charge in [0.25, 0.3) is 5.91 Å². The molecule has 126 valence electrons. The van der Waals surface area contributed by atoms with E-state index in [9.17, 15) is 9.59 Å². The molecule has 0 saturated carbocycles. The van der Waals surface area contributed by atoms with E-state index in [2.05, 4.69) is 11.4 Å². The van der Waals surface area contributed by atoms with E-state index in [1.807, 2.05) is 16.3 Å². The molecule has 24 heavy (non-hydrogen) atoms. The molecule has 2 aromatic rings. The van der Waals surface area contributed by atoms with Gasteiger partial charge in [-0.25, -0.2) is 0 Å². The number of carbonyl (C=O) groups excluding carboxylic acids is 2. The molecule has 0 bridgehead atoms. The van der Waals surface area contributed by atoms with Crippen LogP contribution < -0.4 is 5.32 Å². The number of carbonyl (C=O) groups is 2. The highest BCUT2D eigenvalue weighted by atomic mass is 35.5. The lowest BCUT2D eigenvalue weighted by atomic mass is 10.1. The van der Waals surface area contributed by atoms with Crippen molar-refractivity contribution in [3.63, 3.8) is 0 Å². The zero-order valence-electron chi connectivity index (χ0n) is 13.4. The molecular formula is C18H19ClN2O2S. The zero-order valence-corrected chi connectivity index (χ0v) is 14.9. The van der Waals surface area contributed by atoms with Crippen molar-refractivity contribution >= 4 is 34.8 Å². The van der Waals surface area contributed by atoms with E-state index in [4.69, 9.17) is 11.6 Å². The van der Waals surface area contributed by atoms with Gasteiger partial charge in [-0.05, 0) is 55.5 Å². The van der Waals surface area contributed by atoms with Gasteiger partial charge in [-0.2, -0.15) is 0 Å². The van der Waals surface area contributed by atoms with E-state index in [0.29, 0.717) is 10.6 Å². The zero-order chi connectivity index (χ0) is 17.1. The number of nitrogens with one attached hydrogen (secondary N) is 1. The Morgan fingerprint density at radius 1 is 1.29 bits per heavy atom. The monoisotopic (exact) mass is 362 g/mol. The molecule has 3 rings (SSSR count). The summed E-state index contributed by atoms with van der Waals surface area (Å²) in [6.07, 6.45) is 1.97. The molecule has 1 N–H and O–H groups in total.